The second kappa shape index (κ2) is 9.09. The molecule has 0 aliphatic carbocycles. The molecule has 0 radical (unpaired) electrons. The lowest BCUT2D eigenvalue weighted by Gasteiger charge is -2.20. The van der Waals surface area contributed by atoms with E-state index in [0.717, 1.165) is 0 Å². The summed E-state index contributed by atoms with van der Waals surface area (Å²) in [6.07, 6.45) is -0.714. The molecule has 0 bridgehead atoms. The standard InChI is InChI=1S/C15H18ClNO6/c1-2-23-15(20)9-12(10-3-5-11(16)6-4-10)13(17(21)22)7-8-14(18)19/h3-6,12-13H,2,7-9H2,1H3,(H,18,19). The number of benzene rings is 1. The van der Waals surface area contributed by atoms with Crippen LogP contribution < -0.4 is 0 Å². The molecule has 0 heterocycles. The summed E-state index contributed by atoms with van der Waals surface area (Å²) in [5.41, 5.74) is 0.551. The monoisotopic (exact) mass is 343 g/mol. The first kappa shape index (κ1) is 18.9. The number of carbonyl (C=O) groups excluding carboxylic acids is 1. The van der Waals surface area contributed by atoms with Gasteiger partial charge in [0.05, 0.1) is 25.4 Å². The second-order valence-electron chi connectivity index (χ2n) is 4.95. The molecule has 0 spiro atoms. The van der Waals surface area contributed by atoms with Crippen LogP contribution in [0.3, 0.4) is 0 Å². The van der Waals surface area contributed by atoms with Gasteiger partial charge in [0.1, 0.15) is 0 Å². The summed E-state index contributed by atoms with van der Waals surface area (Å²) in [5, 5.41) is 20.6. The van der Waals surface area contributed by atoms with E-state index in [1.807, 2.05) is 0 Å². The zero-order chi connectivity index (χ0) is 17.4. The lowest BCUT2D eigenvalue weighted by atomic mass is 9.86. The third-order valence-electron chi connectivity index (χ3n) is 3.38. The van der Waals surface area contributed by atoms with Crippen LogP contribution in [0.1, 0.15) is 37.7 Å². The molecular weight excluding hydrogens is 326 g/mol. The molecule has 23 heavy (non-hydrogen) atoms. The molecule has 1 N–H and O–H groups in total. The number of carbonyl (C=O) groups is 2. The van der Waals surface area contributed by atoms with E-state index in [0.29, 0.717) is 10.6 Å². The number of carboxylic acid groups (broad SMARTS) is 1. The molecule has 1 aromatic carbocycles. The van der Waals surface area contributed by atoms with Gasteiger partial charge < -0.3 is 9.84 Å². The molecule has 0 amide bonds. The molecule has 1 aromatic rings. The Morgan fingerprint density at radius 2 is 1.96 bits per heavy atom. The molecule has 2 atom stereocenters. The lowest BCUT2D eigenvalue weighted by Crippen LogP contribution is -2.30. The zero-order valence-electron chi connectivity index (χ0n) is 12.6. The molecule has 0 aliphatic rings. The van der Waals surface area contributed by atoms with Crippen molar-refractivity contribution in [3.05, 3.63) is 45.0 Å². The van der Waals surface area contributed by atoms with E-state index in [2.05, 4.69) is 0 Å². The summed E-state index contributed by atoms with van der Waals surface area (Å²) < 4.78 is 4.87. The van der Waals surface area contributed by atoms with Crippen LogP contribution in [-0.4, -0.2) is 34.6 Å². The van der Waals surface area contributed by atoms with Crippen LogP contribution >= 0.6 is 11.6 Å². The molecule has 1 rings (SSSR count). The number of hydrogen-bond acceptors (Lipinski definition) is 5. The first-order valence-electron chi connectivity index (χ1n) is 7.11. The third kappa shape index (κ3) is 6.23. The van der Waals surface area contributed by atoms with E-state index >= 15 is 0 Å². The quantitative estimate of drug-likeness (QED) is 0.419. The van der Waals surface area contributed by atoms with Gasteiger partial charge in [-0.1, -0.05) is 23.7 Å². The van der Waals surface area contributed by atoms with E-state index in [9.17, 15) is 19.7 Å². The number of rotatable bonds is 9. The van der Waals surface area contributed by atoms with Gasteiger partial charge >= 0.3 is 11.9 Å². The summed E-state index contributed by atoms with van der Waals surface area (Å²) in [7, 11) is 0. The molecule has 0 fully saturated rings. The number of nitrogens with zero attached hydrogens (tertiary/aromatic N) is 1. The average molecular weight is 344 g/mol. The predicted molar refractivity (Wildman–Crippen MR) is 83.1 cm³/mol. The average Bonchev–Trinajstić information content (AvgIpc) is 2.46. The van der Waals surface area contributed by atoms with Crippen molar-refractivity contribution in [2.75, 3.05) is 6.61 Å². The summed E-state index contributed by atoms with van der Waals surface area (Å²) in [5.74, 6) is -2.46. The predicted octanol–water partition coefficient (Wildman–Crippen LogP) is 2.89. The zero-order valence-corrected chi connectivity index (χ0v) is 13.4. The Morgan fingerprint density at radius 1 is 1.35 bits per heavy atom. The topological polar surface area (TPSA) is 107 Å². The molecular formula is C15H18ClNO6. The summed E-state index contributed by atoms with van der Waals surface area (Å²) in [6, 6.07) is 5.15. The largest absolute Gasteiger partial charge is 0.481 e. The fourth-order valence-electron chi connectivity index (χ4n) is 2.31. The lowest BCUT2D eigenvalue weighted by molar-refractivity contribution is -0.527. The fourth-order valence-corrected chi connectivity index (χ4v) is 2.44. The van der Waals surface area contributed by atoms with Crippen molar-refractivity contribution >= 4 is 23.5 Å². The Morgan fingerprint density at radius 3 is 2.43 bits per heavy atom. The number of halogens is 1. The maximum atomic E-state index is 11.8. The number of carboxylic acids is 1. The number of esters is 1. The molecule has 7 nitrogen and oxygen atoms in total. The van der Waals surface area contributed by atoms with Gasteiger partial charge in [0.15, 0.2) is 0 Å². The van der Waals surface area contributed by atoms with Crippen LogP contribution in [0.4, 0.5) is 0 Å². The van der Waals surface area contributed by atoms with E-state index < -0.39 is 28.8 Å². The smallest absolute Gasteiger partial charge is 0.306 e. The highest BCUT2D eigenvalue weighted by Crippen LogP contribution is 2.29. The van der Waals surface area contributed by atoms with Crippen molar-refractivity contribution in [1.82, 2.24) is 0 Å². The molecule has 2 unspecified atom stereocenters. The van der Waals surface area contributed by atoms with Crippen LogP contribution in [-0.2, 0) is 14.3 Å². The fraction of sp³-hybridized carbons (Fsp3) is 0.467. The molecule has 0 aromatic heterocycles. The first-order chi connectivity index (χ1) is 10.8. The maximum Gasteiger partial charge on any atom is 0.306 e. The number of nitro groups is 1. The van der Waals surface area contributed by atoms with Crippen LogP contribution in [0.5, 0.6) is 0 Å². The third-order valence-corrected chi connectivity index (χ3v) is 3.63. The van der Waals surface area contributed by atoms with Gasteiger partial charge in [0.2, 0.25) is 6.04 Å². The van der Waals surface area contributed by atoms with Crippen LogP contribution in [0, 0.1) is 10.1 Å². The van der Waals surface area contributed by atoms with Gasteiger partial charge in [-0.25, -0.2) is 0 Å². The van der Waals surface area contributed by atoms with Crippen LogP contribution in [0.15, 0.2) is 24.3 Å². The van der Waals surface area contributed by atoms with Crippen molar-refractivity contribution in [3.8, 4) is 0 Å². The van der Waals surface area contributed by atoms with Gasteiger partial charge in [-0.05, 0) is 24.6 Å². The highest BCUT2D eigenvalue weighted by molar-refractivity contribution is 6.30. The van der Waals surface area contributed by atoms with Gasteiger partial charge in [-0.2, -0.15) is 0 Å². The van der Waals surface area contributed by atoms with Crippen molar-refractivity contribution in [3.63, 3.8) is 0 Å². The molecule has 126 valence electrons. The molecule has 8 heteroatoms. The SMILES string of the molecule is CCOC(=O)CC(c1ccc(Cl)cc1)C(CCC(=O)O)[N+](=O)[O-]. The van der Waals surface area contributed by atoms with Crippen LogP contribution in [0.2, 0.25) is 5.02 Å². The maximum absolute atomic E-state index is 11.8. The highest BCUT2D eigenvalue weighted by Gasteiger charge is 2.35. The Balaban J connectivity index is 3.07. The summed E-state index contributed by atoms with van der Waals surface area (Å²) >= 11 is 5.81. The first-order valence-corrected chi connectivity index (χ1v) is 7.49. The second-order valence-corrected chi connectivity index (χ2v) is 5.39. The Hall–Kier alpha value is -2.15. The number of aliphatic carboxylic acids is 1. The summed E-state index contributed by atoms with van der Waals surface area (Å²) in [6.45, 7) is 1.81. The number of hydrogen-bond donors (Lipinski definition) is 1. The van der Waals surface area contributed by atoms with E-state index in [-0.39, 0.29) is 25.9 Å². The summed E-state index contributed by atoms with van der Waals surface area (Å²) in [4.78, 5) is 33.3. The van der Waals surface area contributed by atoms with E-state index in [4.69, 9.17) is 21.4 Å². The Labute approximate surface area is 138 Å². The highest BCUT2D eigenvalue weighted by atomic mass is 35.5. The van der Waals surface area contributed by atoms with Crippen LogP contribution in [0.25, 0.3) is 0 Å². The van der Waals surface area contributed by atoms with Gasteiger partial charge in [0.25, 0.3) is 0 Å². The Kier molecular flexibility index (Phi) is 7.47. The van der Waals surface area contributed by atoms with Gasteiger partial charge in [0, 0.05) is 16.4 Å². The minimum atomic E-state index is -1.20. The normalized spacial score (nSPS) is 13.1. The minimum Gasteiger partial charge on any atom is -0.481 e. The Bertz CT molecular complexity index is 560. The van der Waals surface area contributed by atoms with Gasteiger partial charge in [-0.15, -0.1) is 0 Å². The van der Waals surface area contributed by atoms with Crippen molar-refractivity contribution in [1.29, 1.82) is 0 Å². The van der Waals surface area contributed by atoms with Crippen molar-refractivity contribution in [2.45, 2.75) is 38.1 Å². The minimum absolute atomic E-state index is 0.171. The van der Waals surface area contributed by atoms with Gasteiger partial charge in [-0.3, -0.25) is 19.7 Å². The number of ether oxygens (including phenoxy) is 1. The molecule has 0 aliphatic heterocycles. The van der Waals surface area contributed by atoms with Crippen molar-refractivity contribution in [2.24, 2.45) is 0 Å². The molecule has 0 saturated heterocycles. The molecule has 0 saturated carbocycles. The van der Waals surface area contributed by atoms with E-state index in [1.165, 1.54) is 0 Å². The van der Waals surface area contributed by atoms with Crippen molar-refractivity contribution < 1.29 is 24.4 Å². The van der Waals surface area contributed by atoms with E-state index in [1.54, 1.807) is 31.2 Å².